The molecule has 0 spiro atoms. The van der Waals surface area contributed by atoms with Gasteiger partial charge in [-0.3, -0.25) is 9.59 Å². The number of rotatable bonds is 1. The van der Waals surface area contributed by atoms with E-state index in [9.17, 15) is 9.59 Å². The van der Waals surface area contributed by atoms with Gasteiger partial charge in [0.05, 0.1) is 5.41 Å². The van der Waals surface area contributed by atoms with Crippen molar-refractivity contribution in [3.63, 3.8) is 0 Å². The van der Waals surface area contributed by atoms with Gasteiger partial charge in [0.2, 0.25) is 5.91 Å². The second kappa shape index (κ2) is 3.36. The van der Waals surface area contributed by atoms with Gasteiger partial charge in [-0.1, -0.05) is 0 Å². The summed E-state index contributed by atoms with van der Waals surface area (Å²) in [4.78, 5) is 23.6. The SMILES string of the molecule is CC(=O)N1CCCC(C)(C(=O)O)C1. The van der Waals surface area contributed by atoms with Crippen LogP contribution < -0.4 is 0 Å². The van der Waals surface area contributed by atoms with Crippen LogP contribution in [0.5, 0.6) is 0 Å². The van der Waals surface area contributed by atoms with Crippen LogP contribution in [0.4, 0.5) is 0 Å². The number of aliphatic carboxylic acids is 1. The summed E-state index contributed by atoms with van der Waals surface area (Å²) in [6.45, 7) is 4.22. The van der Waals surface area contributed by atoms with Crippen LogP contribution in [-0.4, -0.2) is 35.0 Å². The predicted molar refractivity (Wildman–Crippen MR) is 47.2 cm³/mol. The number of hydrogen-bond acceptors (Lipinski definition) is 2. The molecule has 0 saturated carbocycles. The smallest absolute Gasteiger partial charge is 0.311 e. The lowest BCUT2D eigenvalue weighted by molar-refractivity contribution is -0.153. The second-order valence-electron chi connectivity index (χ2n) is 3.91. The maximum absolute atomic E-state index is 11.0. The van der Waals surface area contributed by atoms with Gasteiger partial charge in [-0.2, -0.15) is 0 Å². The van der Waals surface area contributed by atoms with Crippen molar-refractivity contribution in [2.45, 2.75) is 26.7 Å². The Morgan fingerprint density at radius 2 is 2.08 bits per heavy atom. The molecule has 1 saturated heterocycles. The molecule has 1 unspecified atom stereocenters. The van der Waals surface area contributed by atoms with Crippen molar-refractivity contribution in [1.82, 2.24) is 4.90 Å². The summed E-state index contributed by atoms with van der Waals surface area (Å²) in [6, 6.07) is 0. The van der Waals surface area contributed by atoms with E-state index in [0.29, 0.717) is 19.5 Å². The predicted octanol–water partition coefficient (Wildman–Crippen LogP) is 0.720. The molecule has 1 aliphatic rings. The van der Waals surface area contributed by atoms with E-state index in [1.54, 1.807) is 11.8 Å². The zero-order chi connectivity index (χ0) is 10.1. The molecule has 0 aromatic carbocycles. The van der Waals surface area contributed by atoms with E-state index < -0.39 is 11.4 Å². The fourth-order valence-corrected chi connectivity index (χ4v) is 1.68. The Morgan fingerprint density at radius 3 is 2.54 bits per heavy atom. The van der Waals surface area contributed by atoms with Gasteiger partial charge in [-0.15, -0.1) is 0 Å². The Labute approximate surface area is 77.5 Å². The molecule has 4 nitrogen and oxygen atoms in total. The fraction of sp³-hybridized carbons (Fsp3) is 0.778. The lowest BCUT2D eigenvalue weighted by Crippen LogP contribution is -2.47. The normalized spacial score (nSPS) is 28.6. The number of nitrogens with zero attached hydrogens (tertiary/aromatic N) is 1. The maximum Gasteiger partial charge on any atom is 0.311 e. The van der Waals surface area contributed by atoms with E-state index >= 15 is 0 Å². The minimum Gasteiger partial charge on any atom is -0.481 e. The summed E-state index contributed by atoms with van der Waals surface area (Å²) < 4.78 is 0. The lowest BCUT2D eigenvalue weighted by atomic mass is 9.82. The van der Waals surface area contributed by atoms with E-state index in [0.717, 1.165) is 6.42 Å². The van der Waals surface area contributed by atoms with Crippen LogP contribution in [-0.2, 0) is 9.59 Å². The molecule has 1 N–H and O–H groups in total. The third-order valence-electron chi connectivity index (χ3n) is 2.66. The highest BCUT2D eigenvalue weighted by Crippen LogP contribution is 2.29. The van der Waals surface area contributed by atoms with Crippen LogP contribution in [0.2, 0.25) is 0 Å². The Hall–Kier alpha value is -1.06. The summed E-state index contributed by atoms with van der Waals surface area (Å²) in [5.41, 5.74) is -0.746. The van der Waals surface area contributed by atoms with Crippen LogP contribution in [0.15, 0.2) is 0 Å². The number of carbonyl (C=O) groups excluding carboxylic acids is 1. The van der Waals surface area contributed by atoms with Gasteiger partial charge in [0, 0.05) is 20.0 Å². The number of carboxylic acid groups (broad SMARTS) is 1. The van der Waals surface area contributed by atoms with Crippen LogP contribution in [0.1, 0.15) is 26.7 Å². The highest BCUT2D eigenvalue weighted by atomic mass is 16.4. The van der Waals surface area contributed by atoms with Gasteiger partial charge in [-0.05, 0) is 19.8 Å². The molecule has 0 aromatic heterocycles. The zero-order valence-electron chi connectivity index (χ0n) is 8.04. The van der Waals surface area contributed by atoms with Gasteiger partial charge in [0.1, 0.15) is 0 Å². The average molecular weight is 185 g/mol. The molecule has 74 valence electrons. The molecule has 1 fully saturated rings. The van der Waals surface area contributed by atoms with E-state index in [1.807, 2.05) is 0 Å². The Kier molecular flexibility index (Phi) is 2.59. The highest BCUT2D eigenvalue weighted by molar-refractivity contribution is 5.78. The Morgan fingerprint density at radius 1 is 1.46 bits per heavy atom. The number of hydrogen-bond donors (Lipinski definition) is 1. The van der Waals surface area contributed by atoms with Crippen LogP contribution >= 0.6 is 0 Å². The molecule has 13 heavy (non-hydrogen) atoms. The van der Waals surface area contributed by atoms with Crippen molar-refractivity contribution in [3.05, 3.63) is 0 Å². The van der Waals surface area contributed by atoms with Crippen molar-refractivity contribution in [2.75, 3.05) is 13.1 Å². The Bertz CT molecular complexity index is 239. The van der Waals surface area contributed by atoms with Crippen LogP contribution in [0.25, 0.3) is 0 Å². The van der Waals surface area contributed by atoms with Gasteiger partial charge >= 0.3 is 5.97 Å². The van der Waals surface area contributed by atoms with E-state index in [4.69, 9.17) is 5.11 Å². The van der Waals surface area contributed by atoms with Crippen molar-refractivity contribution in [3.8, 4) is 0 Å². The summed E-state index contributed by atoms with van der Waals surface area (Å²) in [7, 11) is 0. The first-order valence-electron chi connectivity index (χ1n) is 4.45. The Balaban J connectivity index is 2.71. The monoisotopic (exact) mass is 185 g/mol. The van der Waals surface area contributed by atoms with E-state index in [2.05, 4.69) is 0 Å². The zero-order valence-corrected chi connectivity index (χ0v) is 8.04. The van der Waals surface area contributed by atoms with Crippen molar-refractivity contribution in [1.29, 1.82) is 0 Å². The lowest BCUT2D eigenvalue weighted by Gasteiger charge is -2.36. The minimum absolute atomic E-state index is 0.0350. The molecule has 0 aromatic rings. The second-order valence-corrected chi connectivity index (χ2v) is 3.91. The molecule has 1 rings (SSSR count). The number of likely N-dealkylation sites (tertiary alicyclic amines) is 1. The summed E-state index contributed by atoms with van der Waals surface area (Å²) in [6.07, 6.45) is 1.44. The number of piperidine rings is 1. The van der Waals surface area contributed by atoms with Crippen molar-refractivity contribution >= 4 is 11.9 Å². The quantitative estimate of drug-likeness (QED) is 0.654. The van der Waals surface area contributed by atoms with E-state index in [-0.39, 0.29) is 5.91 Å². The molecule has 1 atom stereocenters. The topological polar surface area (TPSA) is 57.6 Å². The number of carboxylic acids is 1. The first kappa shape index (κ1) is 10.0. The van der Waals surface area contributed by atoms with Crippen LogP contribution in [0, 0.1) is 5.41 Å². The van der Waals surface area contributed by atoms with Crippen LogP contribution in [0.3, 0.4) is 0 Å². The first-order valence-corrected chi connectivity index (χ1v) is 4.45. The van der Waals surface area contributed by atoms with Gasteiger partial charge in [0.15, 0.2) is 0 Å². The summed E-state index contributed by atoms with van der Waals surface area (Å²) in [5, 5.41) is 8.96. The largest absolute Gasteiger partial charge is 0.481 e. The van der Waals surface area contributed by atoms with Crippen molar-refractivity contribution < 1.29 is 14.7 Å². The molecule has 0 bridgehead atoms. The van der Waals surface area contributed by atoms with E-state index in [1.165, 1.54) is 6.92 Å². The van der Waals surface area contributed by atoms with Gasteiger partial charge < -0.3 is 10.0 Å². The van der Waals surface area contributed by atoms with Gasteiger partial charge in [-0.25, -0.2) is 0 Å². The number of carbonyl (C=O) groups is 2. The third-order valence-corrected chi connectivity index (χ3v) is 2.66. The molecule has 1 heterocycles. The highest BCUT2D eigenvalue weighted by Gasteiger charge is 2.38. The summed E-state index contributed by atoms with van der Waals surface area (Å²) in [5.74, 6) is -0.842. The molecule has 1 amide bonds. The molecule has 0 radical (unpaired) electrons. The van der Waals surface area contributed by atoms with Crippen molar-refractivity contribution in [2.24, 2.45) is 5.41 Å². The molecule has 0 aliphatic carbocycles. The minimum atomic E-state index is -0.807. The first-order chi connectivity index (χ1) is 5.96. The molecule has 1 aliphatic heterocycles. The molecular formula is C9H15NO3. The summed E-state index contributed by atoms with van der Waals surface area (Å²) >= 11 is 0. The average Bonchev–Trinajstić information content (AvgIpc) is 2.04. The standard InChI is InChI=1S/C9H15NO3/c1-7(11)10-5-3-4-9(2,6-10)8(12)13/h3-6H2,1-2H3,(H,12,13). The number of amides is 1. The van der Waals surface area contributed by atoms with Gasteiger partial charge in [0.25, 0.3) is 0 Å². The third kappa shape index (κ3) is 1.99. The molecular weight excluding hydrogens is 170 g/mol. The fourth-order valence-electron chi connectivity index (χ4n) is 1.68. The molecule has 4 heteroatoms. The maximum atomic E-state index is 11.0.